The Morgan fingerprint density at radius 1 is 1.12 bits per heavy atom. The lowest BCUT2D eigenvalue weighted by Gasteiger charge is -2.09. The van der Waals surface area contributed by atoms with Gasteiger partial charge in [0.15, 0.2) is 0 Å². The second-order valence-corrected chi connectivity index (χ2v) is 4.73. The van der Waals surface area contributed by atoms with Crippen LogP contribution in [-0.2, 0) is 16.2 Å². The lowest BCUT2D eigenvalue weighted by molar-refractivity contribution is -0.138. The van der Waals surface area contributed by atoms with Crippen molar-refractivity contribution in [1.29, 1.82) is 0 Å². The molecule has 0 atom stereocenters. The standard InChI is InChI=1S/C17H16FN3O3/c1-19-16(22)17(23)21-20-10-13-4-2-3-5-15(13)24-11-12-6-8-14(18)9-7-12/h2-10H,11H2,1H3,(H,19,22)(H,21,23)/b20-10-. The molecule has 7 heteroatoms. The summed E-state index contributed by atoms with van der Waals surface area (Å²) in [6, 6.07) is 13.1. The second kappa shape index (κ2) is 8.42. The Balaban J connectivity index is 2.00. The molecular formula is C17H16FN3O3. The van der Waals surface area contributed by atoms with Gasteiger partial charge in [-0.1, -0.05) is 24.3 Å². The van der Waals surface area contributed by atoms with Gasteiger partial charge in [-0.3, -0.25) is 9.59 Å². The van der Waals surface area contributed by atoms with E-state index in [9.17, 15) is 14.0 Å². The molecule has 0 radical (unpaired) electrons. The Bertz CT molecular complexity index is 745. The van der Waals surface area contributed by atoms with Crippen molar-refractivity contribution < 1.29 is 18.7 Å². The van der Waals surface area contributed by atoms with Crippen molar-refractivity contribution in [3.05, 3.63) is 65.5 Å². The summed E-state index contributed by atoms with van der Waals surface area (Å²) in [4.78, 5) is 22.3. The number of para-hydroxylation sites is 1. The van der Waals surface area contributed by atoms with E-state index in [1.54, 1.807) is 36.4 Å². The van der Waals surface area contributed by atoms with Crippen LogP contribution in [0.2, 0.25) is 0 Å². The van der Waals surface area contributed by atoms with E-state index in [-0.39, 0.29) is 12.4 Å². The number of amides is 2. The van der Waals surface area contributed by atoms with Gasteiger partial charge in [0.2, 0.25) is 0 Å². The molecular weight excluding hydrogens is 313 g/mol. The fraction of sp³-hybridized carbons (Fsp3) is 0.118. The Morgan fingerprint density at radius 2 is 1.83 bits per heavy atom. The maximum atomic E-state index is 12.9. The zero-order chi connectivity index (χ0) is 17.4. The zero-order valence-corrected chi connectivity index (χ0v) is 13.0. The summed E-state index contributed by atoms with van der Waals surface area (Å²) in [5.41, 5.74) is 3.55. The van der Waals surface area contributed by atoms with Gasteiger partial charge in [0.1, 0.15) is 18.2 Å². The van der Waals surface area contributed by atoms with Crippen LogP contribution >= 0.6 is 0 Å². The van der Waals surface area contributed by atoms with Crippen LogP contribution < -0.4 is 15.5 Å². The van der Waals surface area contributed by atoms with Gasteiger partial charge in [-0.2, -0.15) is 5.10 Å². The van der Waals surface area contributed by atoms with E-state index in [4.69, 9.17) is 4.74 Å². The molecule has 2 aromatic carbocycles. The number of ether oxygens (including phenoxy) is 1. The van der Waals surface area contributed by atoms with Gasteiger partial charge in [0.05, 0.1) is 6.21 Å². The number of nitrogens with zero attached hydrogens (tertiary/aromatic N) is 1. The molecule has 0 aliphatic carbocycles. The number of hydrogen-bond donors (Lipinski definition) is 2. The van der Waals surface area contributed by atoms with Crippen molar-refractivity contribution in [2.75, 3.05) is 7.05 Å². The monoisotopic (exact) mass is 329 g/mol. The highest BCUT2D eigenvalue weighted by Gasteiger charge is 2.09. The van der Waals surface area contributed by atoms with Crippen molar-refractivity contribution in [3.8, 4) is 5.75 Å². The molecule has 0 aliphatic heterocycles. The molecule has 0 saturated carbocycles. The average Bonchev–Trinajstić information content (AvgIpc) is 2.61. The summed E-state index contributed by atoms with van der Waals surface area (Å²) in [5, 5.41) is 5.91. The molecule has 0 heterocycles. The van der Waals surface area contributed by atoms with Crippen LogP contribution in [0.15, 0.2) is 53.6 Å². The molecule has 0 unspecified atom stereocenters. The molecule has 6 nitrogen and oxygen atoms in total. The number of nitrogens with one attached hydrogen (secondary N) is 2. The van der Waals surface area contributed by atoms with Gasteiger partial charge in [0.25, 0.3) is 0 Å². The van der Waals surface area contributed by atoms with Crippen molar-refractivity contribution in [2.24, 2.45) is 5.10 Å². The molecule has 0 aromatic heterocycles. The number of carbonyl (C=O) groups is 2. The van der Waals surface area contributed by atoms with E-state index >= 15 is 0 Å². The highest BCUT2D eigenvalue weighted by molar-refractivity contribution is 6.34. The van der Waals surface area contributed by atoms with Crippen molar-refractivity contribution in [1.82, 2.24) is 10.7 Å². The Hall–Kier alpha value is -3.22. The number of likely N-dealkylation sites (N-methyl/N-ethyl adjacent to an activating group) is 1. The first-order valence-corrected chi connectivity index (χ1v) is 7.11. The largest absolute Gasteiger partial charge is 0.488 e. The maximum absolute atomic E-state index is 12.9. The normalized spacial score (nSPS) is 10.4. The fourth-order valence-electron chi connectivity index (χ4n) is 1.79. The minimum atomic E-state index is -0.863. The summed E-state index contributed by atoms with van der Waals surface area (Å²) in [6.45, 7) is 0.260. The van der Waals surface area contributed by atoms with Gasteiger partial charge < -0.3 is 10.1 Å². The van der Waals surface area contributed by atoms with E-state index in [1.165, 1.54) is 25.4 Å². The molecule has 124 valence electrons. The zero-order valence-electron chi connectivity index (χ0n) is 13.0. The second-order valence-electron chi connectivity index (χ2n) is 4.73. The third kappa shape index (κ3) is 4.91. The highest BCUT2D eigenvalue weighted by atomic mass is 19.1. The minimum absolute atomic E-state index is 0.260. The van der Waals surface area contributed by atoms with Crippen molar-refractivity contribution in [2.45, 2.75) is 6.61 Å². The van der Waals surface area contributed by atoms with Crippen molar-refractivity contribution >= 4 is 18.0 Å². The highest BCUT2D eigenvalue weighted by Crippen LogP contribution is 2.17. The third-order valence-electron chi connectivity index (χ3n) is 3.03. The Morgan fingerprint density at radius 3 is 2.54 bits per heavy atom. The number of benzene rings is 2. The van der Waals surface area contributed by atoms with Gasteiger partial charge in [-0.25, -0.2) is 9.82 Å². The number of halogens is 1. The van der Waals surface area contributed by atoms with Gasteiger partial charge in [-0.15, -0.1) is 0 Å². The Kier molecular flexibility index (Phi) is 6.01. The van der Waals surface area contributed by atoms with Crippen LogP contribution in [0.4, 0.5) is 4.39 Å². The van der Waals surface area contributed by atoms with Crippen LogP contribution in [0.1, 0.15) is 11.1 Å². The lowest BCUT2D eigenvalue weighted by atomic mass is 10.2. The molecule has 2 aromatic rings. The summed E-state index contributed by atoms with van der Waals surface area (Å²) in [6.07, 6.45) is 1.38. The van der Waals surface area contributed by atoms with E-state index in [0.717, 1.165) is 5.56 Å². The van der Waals surface area contributed by atoms with E-state index in [1.807, 2.05) is 0 Å². The molecule has 0 spiro atoms. The van der Waals surface area contributed by atoms with Crippen LogP contribution in [0.25, 0.3) is 0 Å². The summed E-state index contributed by atoms with van der Waals surface area (Å²) >= 11 is 0. The van der Waals surface area contributed by atoms with Crippen LogP contribution in [0.5, 0.6) is 5.75 Å². The molecule has 2 amide bonds. The van der Waals surface area contributed by atoms with Gasteiger partial charge in [0, 0.05) is 12.6 Å². The number of rotatable bonds is 5. The maximum Gasteiger partial charge on any atom is 0.329 e. The molecule has 0 aliphatic rings. The number of carbonyl (C=O) groups excluding carboxylic acids is 2. The van der Waals surface area contributed by atoms with Gasteiger partial charge >= 0.3 is 11.8 Å². The minimum Gasteiger partial charge on any atom is -0.488 e. The third-order valence-corrected chi connectivity index (χ3v) is 3.03. The summed E-state index contributed by atoms with van der Waals surface area (Å²) < 4.78 is 18.6. The summed E-state index contributed by atoms with van der Waals surface area (Å²) in [5.74, 6) is -1.41. The van der Waals surface area contributed by atoms with Gasteiger partial charge in [-0.05, 0) is 29.8 Å². The smallest absolute Gasteiger partial charge is 0.329 e. The SMILES string of the molecule is CNC(=O)C(=O)N/N=C\c1ccccc1OCc1ccc(F)cc1. The average molecular weight is 329 g/mol. The fourth-order valence-corrected chi connectivity index (χ4v) is 1.79. The number of hydrogen-bond acceptors (Lipinski definition) is 4. The molecule has 24 heavy (non-hydrogen) atoms. The molecule has 2 rings (SSSR count). The molecule has 0 fully saturated rings. The molecule has 0 bridgehead atoms. The lowest BCUT2D eigenvalue weighted by Crippen LogP contribution is -2.35. The summed E-state index contributed by atoms with van der Waals surface area (Å²) in [7, 11) is 1.35. The van der Waals surface area contributed by atoms with E-state index in [2.05, 4.69) is 15.8 Å². The van der Waals surface area contributed by atoms with E-state index in [0.29, 0.717) is 11.3 Å². The van der Waals surface area contributed by atoms with Crippen LogP contribution in [-0.4, -0.2) is 25.1 Å². The Labute approximate surface area is 138 Å². The van der Waals surface area contributed by atoms with E-state index < -0.39 is 11.8 Å². The van der Waals surface area contributed by atoms with Crippen molar-refractivity contribution in [3.63, 3.8) is 0 Å². The predicted molar refractivity (Wildman–Crippen MR) is 87.0 cm³/mol. The molecule has 2 N–H and O–H groups in total. The first kappa shape index (κ1) is 17.1. The quantitative estimate of drug-likeness (QED) is 0.497. The van der Waals surface area contributed by atoms with Crippen LogP contribution in [0, 0.1) is 5.82 Å². The topological polar surface area (TPSA) is 79.8 Å². The predicted octanol–water partition coefficient (Wildman–Crippen LogP) is 1.60. The first-order valence-electron chi connectivity index (χ1n) is 7.11. The molecule has 0 saturated heterocycles. The number of hydrazone groups is 1. The van der Waals surface area contributed by atoms with Crippen LogP contribution in [0.3, 0.4) is 0 Å². The first-order chi connectivity index (χ1) is 11.6.